The molecule has 2 heterocycles. The van der Waals surface area contributed by atoms with Crippen LogP contribution in [0.25, 0.3) is 0 Å². The van der Waals surface area contributed by atoms with Crippen LogP contribution in [-0.4, -0.2) is 5.91 Å². The van der Waals surface area contributed by atoms with Crippen LogP contribution in [0.2, 0.25) is 0 Å². The van der Waals surface area contributed by atoms with E-state index in [1.807, 2.05) is 53.9 Å². The maximum Gasteiger partial charge on any atom is 0.225 e. The molecule has 4 rings (SSSR count). The fourth-order valence-corrected chi connectivity index (χ4v) is 3.99. The standard InChI is InChI=1S/C20H17NO2S/c22-19-12-17(20-18(21-19)9-10-24-20)15-7-4-8-16(11-15)23-13-14-5-2-1-3-6-14/h1-11,17H,12-13H2,(H,21,22)/t17-/m0/s1. The zero-order valence-corrected chi connectivity index (χ0v) is 13.9. The van der Waals surface area contributed by atoms with Crippen molar-refractivity contribution in [1.29, 1.82) is 0 Å². The summed E-state index contributed by atoms with van der Waals surface area (Å²) in [5.41, 5.74) is 3.21. The number of anilines is 1. The molecule has 3 aromatic rings. The Morgan fingerprint density at radius 1 is 1.08 bits per heavy atom. The van der Waals surface area contributed by atoms with Crippen LogP contribution in [0.15, 0.2) is 66.0 Å². The van der Waals surface area contributed by atoms with Gasteiger partial charge in [0.05, 0.1) is 5.69 Å². The van der Waals surface area contributed by atoms with Crippen molar-refractivity contribution >= 4 is 22.9 Å². The minimum absolute atomic E-state index is 0.0708. The van der Waals surface area contributed by atoms with Crippen molar-refractivity contribution in [2.75, 3.05) is 5.32 Å². The van der Waals surface area contributed by atoms with Gasteiger partial charge >= 0.3 is 0 Å². The van der Waals surface area contributed by atoms with Gasteiger partial charge in [-0.15, -0.1) is 11.3 Å². The Kier molecular flexibility index (Phi) is 4.05. The molecular weight excluding hydrogens is 318 g/mol. The van der Waals surface area contributed by atoms with Crippen LogP contribution in [0, 0.1) is 0 Å². The van der Waals surface area contributed by atoms with Gasteiger partial charge in [0.15, 0.2) is 0 Å². The number of fused-ring (bicyclic) bond motifs is 1. The summed E-state index contributed by atoms with van der Waals surface area (Å²) in [5.74, 6) is 1.01. The number of nitrogens with one attached hydrogen (secondary N) is 1. The summed E-state index contributed by atoms with van der Waals surface area (Å²) in [7, 11) is 0. The molecule has 4 heteroatoms. The molecule has 0 fully saturated rings. The Morgan fingerprint density at radius 2 is 1.96 bits per heavy atom. The van der Waals surface area contributed by atoms with Gasteiger partial charge in [0.25, 0.3) is 0 Å². The second-order valence-corrected chi connectivity index (χ2v) is 6.80. The summed E-state index contributed by atoms with van der Waals surface area (Å²) in [6.07, 6.45) is 0.482. The van der Waals surface area contributed by atoms with Crippen molar-refractivity contribution in [3.63, 3.8) is 0 Å². The fourth-order valence-electron chi connectivity index (χ4n) is 3.00. The van der Waals surface area contributed by atoms with Gasteiger partial charge in [-0.05, 0) is 34.7 Å². The van der Waals surface area contributed by atoms with Crippen LogP contribution in [0.1, 0.15) is 28.3 Å². The first kappa shape index (κ1) is 15.0. The molecule has 3 nitrogen and oxygen atoms in total. The summed E-state index contributed by atoms with van der Waals surface area (Å²) >= 11 is 1.69. The van der Waals surface area contributed by atoms with E-state index in [1.54, 1.807) is 11.3 Å². The van der Waals surface area contributed by atoms with E-state index >= 15 is 0 Å². The minimum atomic E-state index is 0.0708. The molecule has 2 aromatic carbocycles. The van der Waals surface area contributed by atoms with Crippen molar-refractivity contribution in [3.8, 4) is 5.75 Å². The Bertz CT molecular complexity index is 857. The number of hydrogen-bond acceptors (Lipinski definition) is 3. The van der Waals surface area contributed by atoms with E-state index in [1.165, 1.54) is 4.88 Å². The Labute approximate surface area is 144 Å². The van der Waals surface area contributed by atoms with E-state index in [0.29, 0.717) is 13.0 Å². The summed E-state index contributed by atoms with van der Waals surface area (Å²) in [6.45, 7) is 0.541. The number of carbonyl (C=O) groups is 1. The molecular formula is C20H17NO2S. The SMILES string of the molecule is O=C1C[C@@H](c2cccc(OCc3ccccc3)c2)c2sccc2N1. The van der Waals surface area contributed by atoms with Crippen molar-refractivity contribution in [2.24, 2.45) is 0 Å². The van der Waals surface area contributed by atoms with Crippen LogP contribution in [0.3, 0.4) is 0 Å². The van der Waals surface area contributed by atoms with Gasteiger partial charge in [-0.3, -0.25) is 4.79 Å². The number of carbonyl (C=O) groups excluding carboxylic acids is 1. The van der Waals surface area contributed by atoms with E-state index in [9.17, 15) is 4.79 Å². The first-order valence-corrected chi connectivity index (χ1v) is 8.81. The number of rotatable bonds is 4. The average Bonchev–Trinajstić information content (AvgIpc) is 3.08. The molecule has 1 amide bonds. The lowest BCUT2D eigenvalue weighted by molar-refractivity contribution is -0.116. The van der Waals surface area contributed by atoms with Crippen LogP contribution < -0.4 is 10.1 Å². The number of thiophene rings is 1. The molecule has 0 bridgehead atoms. The van der Waals surface area contributed by atoms with E-state index in [4.69, 9.17) is 4.74 Å². The Hall–Kier alpha value is -2.59. The number of benzene rings is 2. The molecule has 1 aromatic heterocycles. The quantitative estimate of drug-likeness (QED) is 0.743. The molecule has 1 atom stereocenters. The molecule has 0 radical (unpaired) electrons. The molecule has 0 unspecified atom stereocenters. The maximum absolute atomic E-state index is 12.0. The van der Waals surface area contributed by atoms with Crippen LogP contribution >= 0.6 is 11.3 Å². The third-order valence-electron chi connectivity index (χ3n) is 4.18. The van der Waals surface area contributed by atoms with Crippen molar-refractivity contribution in [1.82, 2.24) is 0 Å². The number of hydrogen-bond donors (Lipinski definition) is 1. The van der Waals surface area contributed by atoms with Gasteiger partial charge < -0.3 is 10.1 Å². The highest BCUT2D eigenvalue weighted by atomic mass is 32.1. The minimum Gasteiger partial charge on any atom is -0.489 e. The molecule has 0 saturated heterocycles. The number of ether oxygens (including phenoxy) is 1. The predicted octanol–water partition coefficient (Wildman–Crippen LogP) is 4.80. The lowest BCUT2D eigenvalue weighted by atomic mass is 9.90. The smallest absolute Gasteiger partial charge is 0.225 e. The van der Waals surface area contributed by atoms with Gasteiger partial charge in [-0.2, -0.15) is 0 Å². The van der Waals surface area contributed by atoms with Gasteiger partial charge in [0, 0.05) is 17.2 Å². The Balaban J connectivity index is 1.56. The van der Waals surface area contributed by atoms with E-state index < -0.39 is 0 Å². The second kappa shape index (κ2) is 6.49. The van der Waals surface area contributed by atoms with E-state index in [2.05, 4.69) is 17.4 Å². The zero-order chi connectivity index (χ0) is 16.4. The third kappa shape index (κ3) is 3.05. The Morgan fingerprint density at radius 3 is 2.83 bits per heavy atom. The highest BCUT2D eigenvalue weighted by Gasteiger charge is 2.27. The highest BCUT2D eigenvalue weighted by molar-refractivity contribution is 7.10. The van der Waals surface area contributed by atoms with E-state index in [-0.39, 0.29) is 11.8 Å². The first-order chi connectivity index (χ1) is 11.8. The monoisotopic (exact) mass is 335 g/mol. The molecule has 24 heavy (non-hydrogen) atoms. The summed E-state index contributed by atoms with van der Waals surface area (Å²) in [5, 5.41) is 4.97. The van der Waals surface area contributed by atoms with Crippen LogP contribution in [-0.2, 0) is 11.4 Å². The van der Waals surface area contributed by atoms with Gasteiger partial charge in [-0.25, -0.2) is 0 Å². The molecule has 0 aliphatic carbocycles. The second-order valence-electron chi connectivity index (χ2n) is 5.85. The topological polar surface area (TPSA) is 38.3 Å². The zero-order valence-electron chi connectivity index (χ0n) is 13.1. The molecule has 1 N–H and O–H groups in total. The lowest BCUT2D eigenvalue weighted by Gasteiger charge is -2.23. The maximum atomic E-state index is 12.0. The summed E-state index contributed by atoms with van der Waals surface area (Å²) in [4.78, 5) is 13.2. The van der Waals surface area contributed by atoms with Gasteiger partial charge in [0.2, 0.25) is 5.91 Å². The van der Waals surface area contributed by atoms with Gasteiger partial charge in [0.1, 0.15) is 12.4 Å². The highest BCUT2D eigenvalue weighted by Crippen LogP contribution is 2.41. The first-order valence-electron chi connectivity index (χ1n) is 7.93. The predicted molar refractivity (Wildman–Crippen MR) is 96.6 cm³/mol. The summed E-state index contributed by atoms with van der Waals surface area (Å²) < 4.78 is 5.92. The molecule has 120 valence electrons. The normalized spacial score (nSPS) is 16.3. The van der Waals surface area contributed by atoms with Crippen molar-refractivity contribution < 1.29 is 9.53 Å². The summed E-state index contributed by atoms with van der Waals surface area (Å²) in [6, 6.07) is 20.2. The molecule has 0 spiro atoms. The van der Waals surface area contributed by atoms with Crippen LogP contribution in [0.4, 0.5) is 5.69 Å². The van der Waals surface area contributed by atoms with Crippen molar-refractivity contribution in [2.45, 2.75) is 18.9 Å². The lowest BCUT2D eigenvalue weighted by Crippen LogP contribution is -2.21. The molecule has 1 aliphatic rings. The van der Waals surface area contributed by atoms with E-state index in [0.717, 1.165) is 22.6 Å². The molecule has 0 saturated carbocycles. The fraction of sp³-hybridized carbons (Fsp3) is 0.150. The van der Waals surface area contributed by atoms with Crippen molar-refractivity contribution in [3.05, 3.63) is 82.0 Å². The third-order valence-corrected chi connectivity index (χ3v) is 5.21. The number of amides is 1. The average molecular weight is 335 g/mol. The molecule has 1 aliphatic heterocycles. The largest absolute Gasteiger partial charge is 0.489 e. The van der Waals surface area contributed by atoms with Crippen LogP contribution in [0.5, 0.6) is 5.75 Å². The van der Waals surface area contributed by atoms with Gasteiger partial charge in [-0.1, -0.05) is 42.5 Å².